The molecule has 2 aliphatic rings. The number of piperidine rings is 1. The van der Waals surface area contributed by atoms with Crippen LogP contribution < -0.4 is 0 Å². The van der Waals surface area contributed by atoms with E-state index < -0.39 is 0 Å². The van der Waals surface area contributed by atoms with Crippen LogP contribution in [0.25, 0.3) is 0 Å². The number of rotatable bonds is 2. The molecule has 0 aromatic heterocycles. The van der Waals surface area contributed by atoms with E-state index in [0.717, 1.165) is 13.1 Å². The fraction of sp³-hybridized carbons (Fsp3) is 0.429. The number of hydrogen-bond acceptors (Lipinski definition) is 1. The van der Waals surface area contributed by atoms with Crippen molar-refractivity contribution >= 4 is 12.4 Å². The Hall–Kier alpha value is -1.38. The van der Waals surface area contributed by atoms with Crippen LogP contribution in [0.15, 0.2) is 42.5 Å². The average molecular weight is 346 g/mol. The molecule has 0 bridgehead atoms. The highest BCUT2D eigenvalue weighted by molar-refractivity contribution is 5.85. The molecular formula is C21H25ClFN. The van der Waals surface area contributed by atoms with Gasteiger partial charge in [-0.25, -0.2) is 4.39 Å². The quantitative estimate of drug-likeness (QED) is 0.729. The van der Waals surface area contributed by atoms with Crippen molar-refractivity contribution in [3.8, 4) is 0 Å². The molecular weight excluding hydrogens is 321 g/mol. The van der Waals surface area contributed by atoms with Crippen LogP contribution in [-0.4, -0.2) is 24.5 Å². The molecule has 1 aliphatic heterocycles. The molecule has 4 rings (SSSR count). The van der Waals surface area contributed by atoms with E-state index in [0.29, 0.717) is 17.8 Å². The molecule has 1 saturated heterocycles. The highest BCUT2D eigenvalue weighted by atomic mass is 35.5. The topological polar surface area (TPSA) is 3.24 Å². The van der Waals surface area contributed by atoms with Crippen molar-refractivity contribution in [2.45, 2.75) is 32.1 Å². The Morgan fingerprint density at radius 1 is 1.08 bits per heavy atom. The standard InChI is InChI=1S/C21H24FN.ClH/c1-3-23-11-10-18-20(13-23)17-9-4-14(2)12-19(17)21(18)15-5-7-16(22)8-6-15;/h4-9,12,18,20-21H,3,10-11,13H2,1-2H3;1H/t18-,20-,21+;/m1./s1. The first-order valence-corrected chi connectivity index (χ1v) is 8.75. The van der Waals surface area contributed by atoms with E-state index in [1.807, 2.05) is 12.1 Å². The van der Waals surface area contributed by atoms with Crippen LogP contribution in [0.4, 0.5) is 4.39 Å². The highest BCUT2D eigenvalue weighted by Crippen LogP contribution is 2.53. The minimum Gasteiger partial charge on any atom is -0.303 e. The van der Waals surface area contributed by atoms with Gasteiger partial charge in [0.15, 0.2) is 0 Å². The van der Waals surface area contributed by atoms with Gasteiger partial charge < -0.3 is 4.90 Å². The molecule has 0 N–H and O–H groups in total. The second kappa shape index (κ2) is 6.85. The minimum atomic E-state index is -0.145. The smallest absolute Gasteiger partial charge is 0.123 e. The molecule has 0 saturated carbocycles. The SMILES string of the molecule is CCN1CC[C@H]2[C@H](c3ccc(F)cc3)c3cc(C)ccc3[C@H]2C1.Cl. The van der Waals surface area contributed by atoms with Crippen LogP contribution in [0.2, 0.25) is 0 Å². The van der Waals surface area contributed by atoms with Gasteiger partial charge in [0.1, 0.15) is 5.82 Å². The summed E-state index contributed by atoms with van der Waals surface area (Å²) in [5.41, 5.74) is 5.59. The highest BCUT2D eigenvalue weighted by Gasteiger charge is 2.43. The minimum absolute atomic E-state index is 0. The monoisotopic (exact) mass is 345 g/mol. The van der Waals surface area contributed by atoms with Crippen LogP contribution in [0.5, 0.6) is 0 Å². The zero-order valence-corrected chi connectivity index (χ0v) is 15.2. The molecule has 128 valence electrons. The first-order chi connectivity index (χ1) is 11.2. The number of aryl methyl sites for hydroxylation is 1. The molecule has 0 radical (unpaired) electrons. The summed E-state index contributed by atoms with van der Waals surface area (Å²) in [6, 6.07) is 14.1. The van der Waals surface area contributed by atoms with Crippen molar-refractivity contribution in [1.82, 2.24) is 4.90 Å². The fourth-order valence-corrected chi connectivity index (χ4v) is 4.68. The molecule has 1 fully saturated rings. The van der Waals surface area contributed by atoms with Gasteiger partial charge in [-0.15, -0.1) is 12.4 Å². The van der Waals surface area contributed by atoms with Gasteiger partial charge in [0.05, 0.1) is 0 Å². The first-order valence-electron chi connectivity index (χ1n) is 8.75. The van der Waals surface area contributed by atoms with Crippen molar-refractivity contribution in [2.75, 3.05) is 19.6 Å². The van der Waals surface area contributed by atoms with Gasteiger partial charge in [-0.2, -0.15) is 0 Å². The average Bonchev–Trinajstić information content (AvgIpc) is 2.88. The van der Waals surface area contributed by atoms with Gasteiger partial charge in [0.2, 0.25) is 0 Å². The van der Waals surface area contributed by atoms with Crippen molar-refractivity contribution in [1.29, 1.82) is 0 Å². The largest absolute Gasteiger partial charge is 0.303 e. The molecule has 1 heterocycles. The Bertz CT molecular complexity index is 712. The predicted molar refractivity (Wildman–Crippen MR) is 99.6 cm³/mol. The van der Waals surface area contributed by atoms with Gasteiger partial charge >= 0.3 is 0 Å². The number of nitrogens with zero attached hydrogens (tertiary/aromatic N) is 1. The zero-order valence-electron chi connectivity index (χ0n) is 14.3. The van der Waals surface area contributed by atoms with E-state index in [1.165, 1.54) is 35.2 Å². The summed E-state index contributed by atoms with van der Waals surface area (Å²) in [4.78, 5) is 2.57. The maximum Gasteiger partial charge on any atom is 0.123 e. The summed E-state index contributed by atoms with van der Waals surface area (Å²) < 4.78 is 13.4. The van der Waals surface area contributed by atoms with Crippen LogP contribution in [0.1, 0.15) is 47.4 Å². The maximum atomic E-state index is 13.4. The van der Waals surface area contributed by atoms with Crippen molar-refractivity contribution in [3.05, 3.63) is 70.5 Å². The Kier molecular flexibility index (Phi) is 4.98. The van der Waals surface area contributed by atoms with Gasteiger partial charge in [-0.05, 0) is 61.2 Å². The van der Waals surface area contributed by atoms with Crippen LogP contribution in [-0.2, 0) is 0 Å². The predicted octanol–water partition coefficient (Wildman–Crippen LogP) is 5.13. The van der Waals surface area contributed by atoms with E-state index in [-0.39, 0.29) is 18.2 Å². The molecule has 0 amide bonds. The lowest BCUT2D eigenvalue weighted by atomic mass is 9.78. The van der Waals surface area contributed by atoms with Crippen LogP contribution in [0.3, 0.4) is 0 Å². The molecule has 2 aromatic rings. The Morgan fingerprint density at radius 3 is 2.54 bits per heavy atom. The van der Waals surface area contributed by atoms with Gasteiger partial charge in [-0.3, -0.25) is 0 Å². The van der Waals surface area contributed by atoms with Crippen molar-refractivity contribution in [3.63, 3.8) is 0 Å². The molecule has 2 aromatic carbocycles. The normalized spacial score (nSPS) is 25.7. The van der Waals surface area contributed by atoms with Crippen molar-refractivity contribution in [2.24, 2.45) is 5.92 Å². The lowest BCUT2D eigenvalue weighted by Crippen LogP contribution is -2.38. The summed E-state index contributed by atoms with van der Waals surface area (Å²) in [6.07, 6.45) is 1.23. The number of likely N-dealkylation sites (tertiary alicyclic amines) is 1. The summed E-state index contributed by atoms with van der Waals surface area (Å²) >= 11 is 0. The maximum absolute atomic E-state index is 13.4. The third-order valence-electron chi connectivity index (χ3n) is 5.83. The third kappa shape index (κ3) is 2.87. The summed E-state index contributed by atoms with van der Waals surface area (Å²) in [6.45, 7) is 7.90. The van der Waals surface area contributed by atoms with E-state index in [1.54, 1.807) is 12.1 Å². The fourth-order valence-electron chi connectivity index (χ4n) is 4.68. The molecule has 0 unspecified atom stereocenters. The number of halogens is 2. The van der Waals surface area contributed by atoms with Gasteiger partial charge in [-0.1, -0.05) is 42.8 Å². The summed E-state index contributed by atoms with van der Waals surface area (Å²) in [7, 11) is 0. The second-order valence-corrected chi connectivity index (χ2v) is 7.11. The zero-order chi connectivity index (χ0) is 16.0. The number of fused-ring (bicyclic) bond motifs is 3. The number of likely N-dealkylation sites (N-methyl/N-ethyl adjacent to an activating group) is 1. The number of hydrogen-bond donors (Lipinski definition) is 0. The molecule has 3 atom stereocenters. The van der Waals surface area contributed by atoms with E-state index >= 15 is 0 Å². The van der Waals surface area contributed by atoms with E-state index in [9.17, 15) is 4.39 Å². The van der Waals surface area contributed by atoms with Gasteiger partial charge in [0, 0.05) is 18.4 Å². The van der Waals surface area contributed by atoms with Gasteiger partial charge in [0.25, 0.3) is 0 Å². The lowest BCUT2D eigenvalue weighted by molar-refractivity contribution is 0.167. The Balaban J connectivity index is 0.00000169. The molecule has 0 spiro atoms. The van der Waals surface area contributed by atoms with E-state index in [2.05, 4.69) is 36.9 Å². The molecule has 1 aliphatic carbocycles. The third-order valence-corrected chi connectivity index (χ3v) is 5.83. The van der Waals surface area contributed by atoms with E-state index in [4.69, 9.17) is 0 Å². The second-order valence-electron chi connectivity index (χ2n) is 7.11. The molecule has 1 nitrogen and oxygen atoms in total. The summed E-state index contributed by atoms with van der Waals surface area (Å²) in [5, 5.41) is 0. The lowest BCUT2D eigenvalue weighted by Gasteiger charge is -2.37. The first kappa shape index (κ1) is 17.4. The molecule has 3 heteroatoms. The van der Waals surface area contributed by atoms with Crippen LogP contribution in [0, 0.1) is 18.7 Å². The Morgan fingerprint density at radius 2 is 1.83 bits per heavy atom. The Labute approximate surface area is 150 Å². The van der Waals surface area contributed by atoms with Crippen LogP contribution >= 0.6 is 12.4 Å². The summed E-state index contributed by atoms with van der Waals surface area (Å²) in [5.74, 6) is 1.55. The molecule has 24 heavy (non-hydrogen) atoms. The van der Waals surface area contributed by atoms with Crippen molar-refractivity contribution < 1.29 is 4.39 Å². The number of benzene rings is 2.